The zero-order valence-corrected chi connectivity index (χ0v) is 13.8. The SMILES string of the molecule is COC(=O)Cc1ccc2c(c1)c(=O)[nH]c(=O)n2CCCCBr. The van der Waals surface area contributed by atoms with Crippen molar-refractivity contribution in [1.29, 1.82) is 0 Å². The summed E-state index contributed by atoms with van der Waals surface area (Å²) in [5.41, 5.74) is 0.406. The number of hydrogen-bond donors (Lipinski definition) is 1. The van der Waals surface area contributed by atoms with Crippen LogP contribution in [0.1, 0.15) is 18.4 Å². The molecule has 0 amide bonds. The van der Waals surface area contributed by atoms with E-state index in [0.717, 1.165) is 18.2 Å². The number of halogens is 1. The fraction of sp³-hybridized carbons (Fsp3) is 0.400. The van der Waals surface area contributed by atoms with Crippen molar-refractivity contribution in [2.45, 2.75) is 25.8 Å². The number of nitrogens with one attached hydrogen (secondary N) is 1. The lowest BCUT2D eigenvalue weighted by Crippen LogP contribution is -2.30. The molecule has 0 aliphatic rings. The number of fused-ring (bicyclic) bond motifs is 1. The number of esters is 1. The highest BCUT2D eigenvalue weighted by atomic mass is 79.9. The second-order valence-corrected chi connectivity index (χ2v) is 5.70. The third-order valence-electron chi connectivity index (χ3n) is 3.40. The maximum absolute atomic E-state index is 12.0. The van der Waals surface area contributed by atoms with E-state index in [9.17, 15) is 14.4 Å². The van der Waals surface area contributed by atoms with Gasteiger partial charge >= 0.3 is 11.7 Å². The van der Waals surface area contributed by atoms with Gasteiger partial charge in [-0.15, -0.1) is 0 Å². The van der Waals surface area contributed by atoms with Crippen molar-refractivity contribution in [2.24, 2.45) is 0 Å². The van der Waals surface area contributed by atoms with Crippen molar-refractivity contribution < 1.29 is 9.53 Å². The van der Waals surface area contributed by atoms with Gasteiger partial charge in [-0.3, -0.25) is 19.1 Å². The van der Waals surface area contributed by atoms with Gasteiger partial charge in [0, 0.05) is 11.9 Å². The average molecular weight is 369 g/mol. The molecule has 0 saturated carbocycles. The molecule has 6 nitrogen and oxygen atoms in total. The van der Waals surface area contributed by atoms with Gasteiger partial charge in [0.25, 0.3) is 5.56 Å². The zero-order valence-electron chi connectivity index (χ0n) is 12.2. The molecule has 0 saturated heterocycles. The molecule has 0 fully saturated rings. The van der Waals surface area contributed by atoms with Crippen LogP contribution >= 0.6 is 15.9 Å². The Morgan fingerprint density at radius 1 is 1.32 bits per heavy atom. The number of unbranched alkanes of at least 4 members (excludes halogenated alkanes) is 1. The first-order valence-corrected chi connectivity index (χ1v) is 8.07. The molecule has 22 heavy (non-hydrogen) atoms. The number of benzene rings is 1. The molecule has 0 bridgehead atoms. The Kier molecular flexibility index (Phi) is 5.54. The average Bonchev–Trinajstić information content (AvgIpc) is 2.50. The van der Waals surface area contributed by atoms with Gasteiger partial charge < -0.3 is 4.74 Å². The molecule has 2 rings (SSSR count). The van der Waals surface area contributed by atoms with Gasteiger partial charge in [0.1, 0.15) is 0 Å². The molecule has 1 heterocycles. The van der Waals surface area contributed by atoms with Gasteiger partial charge in [0.05, 0.1) is 24.4 Å². The molecular formula is C15H17BrN2O4. The lowest BCUT2D eigenvalue weighted by Gasteiger charge is -2.10. The topological polar surface area (TPSA) is 81.2 Å². The quantitative estimate of drug-likeness (QED) is 0.476. The molecule has 0 aliphatic carbocycles. The summed E-state index contributed by atoms with van der Waals surface area (Å²) in [5, 5.41) is 1.27. The highest BCUT2D eigenvalue weighted by Crippen LogP contribution is 2.13. The van der Waals surface area contributed by atoms with Crippen molar-refractivity contribution in [3.8, 4) is 0 Å². The molecule has 0 aliphatic heterocycles. The first kappa shape index (κ1) is 16.5. The number of methoxy groups -OCH3 is 1. The first-order valence-electron chi connectivity index (χ1n) is 6.95. The van der Waals surface area contributed by atoms with E-state index < -0.39 is 11.2 Å². The van der Waals surface area contributed by atoms with Crippen molar-refractivity contribution in [2.75, 3.05) is 12.4 Å². The lowest BCUT2D eigenvalue weighted by atomic mass is 10.1. The highest BCUT2D eigenvalue weighted by molar-refractivity contribution is 9.09. The Labute approximate surface area is 135 Å². The number of hydrogen-bond acceptors (Lipinski definition) is 4. The van der Waals surface area contributed by atoms with Gasteiger partial charge in [-0.2, -0.15) is 0 Å². The zero-order chi connectivity index (χ0) is 16.1. The maximum atomic E-state index is 12.0. The molecule has 118 valence electrons. The monoisotopic (exact) mass is 368 g/mol. The van der Waals surface area contributed by atoms with Gasteiger partial charge in [0.15, 0.2) is 0 Å². The third-order valence-corrected chi connectivity index (χ3v) is 3.96. The summed E-state index contributed by atoms with van der Waals surface area (Å²) in [6.45, 7) is 0.536. The second-order valence-electron chi connectivity index (χ2n) is 4.91. The number of aromatic nitrogens is 2. The maximum Gasteiger partial charge on any atom is 0.328 e. The molecule has 1 aromatic carbocycles. The second kappa shape index (κ2) is 7.40. The Bertz CT molecular complexity index is 794. The van der Waals surface area contributed by atoms with Crippen LogP contribution in [0.3, 0.4) is 0 Å². The molecule has 0 unspecified atom stereocenters. The minimum Gasteiger partial charge on any atom is -0.469 e. The van der Waals surface area contributed by atoms with Crippen LogP contribution in [0.5, 0.6) is 0 Å². The minimum atomic E-state index is -0.441. The Balaban J connectivity index is 2.47. The van der Waals surface area contributed by atoms with Gasteiger partial charge in [0.2, 0.25) is 0 Å². The predicted molar refractivity (Wildman–Crippen MR) is 87.6 cm³/mol. The predicted octanol–water partition coefficient (Wildman–Crippen LogP) is 1.58. The number of rotatable bonds is 6. The molecule has 1 N–H and O–H groups in total. The summed E-state index contributed by atoms with van der Waals surface area (Å²) in [7, 11) is 1.32. The summed E-state index contributed by atoms with van der Waals surface area (Å²) in [5.74, 6) is -0.374. The van der Waals surface area contributed by atoms with Crippen LogP contribution in [0, 0.1) is 0 Å². The Morgan fingerprint density at radius 2 is 2.09 bits per heavy atom. The smallest absolute Gasteiger partial charge is 0.328 e. The van der Waals surface area contributed by atoms with Crippen molar-refractivity contribution in [3.05, 3.63) is 44.6 Å². The largest absolute Gasteiger partial charge is 0.469 e. The van der Waals surface area contributed by atoms with Crippen molar-refractivity contribution >= 4 is 32.8 Å². The van der Waals surface area contributed by atoms with Gasteiger partial charge in [-0.05, 0) is 30.5 Å². The fourth-order valence-electron chi connectivity index (χ4n) is 2.28. The Morgan fingerprint density at radius 3 is 2.77 bits per heavy atom. The summed E-state index contributed by atoms with van der Waals surface area (Å²) in [6, 6.07) is 5.07. The number of carbonyl (C=O) groups is 1. The van der Waals surface area contributed by atoms with Crippen LogP contribution in [0.25, 0.3) is 10.9 Å². The van der Waals surface area contributed by atoms with Crippen molar-refractivity contribution in [3.63, 3.8) is 0 Å². The molecular weight excluding hydrogens is 352 g/mol. The first-order chi connectivity index (χ1) is 10.6. The molecule has 0 atom stereocenters. The molecule has 1 aromatic heterocycles. The van der Waals surface area contributed by atoms with Gasteiger partial charge in [-0.25, -0.2) is 4.79 Å². The number of nitrogens with zero attached hydrogens (tertiary/aromatic N) is 1. The van der Waals surface area contributed by atoms with E-state index in [0.29, 0.717) is 23.0 Å². The molecule has 7 heteroatoms. The van der Waals surface area contributed by atoms with Crippen LogP contribution in [-0.2, 0) is 22.5 Å². The van der Waals surface area contributed by atoms with E-state index in [1.165, 1.54) is 7.11 Å². The summed E-state index contributed by atoms with van der Waals surface area (Å²) >= 11 is 3.35. The van der Waals surface area contributed by atoms with Crippen LogP contribution in [0.4, 0.5) is 0 Å². The van der Waals surface area contributed by atoms with E-state index in [2.05, 4.69) is 25.7 Å². The molecule has 2 aromatic rings. The van der Waals surface area contributed by atoms with E-state index in [1.807, 2.05) is 0 Å². The highest BCUT2D eigenvalue weighted by Gasteiger charge is 2.10. The van der Waals surface area contributed by atoms with E-state index in [1.54, 1.807) is 22.8 Å². The summed E-state index contributed by atoms with van der Waals surface area (Å²) in [6.07, 6.45) is 1.86. The number of aromatic amines is 1. The number of H-pyrrole nitrogens is 1. The van der Waals surface area contributed by atoms with Gasteiger partial charge in [-0.1, -0.05) is 22.0 Å². The summed E-state index contributed by atoms with van der Waals surface area (Å²) < 4.78 is 6.18. The van der Waals surface area contributed by atoms with E-state index in [4.69, 9.17) is 0 Å². The van der Waals surface area contributed by atoms with Crippen LogP contribution in [0.15, 0.2) is 27.8 Å². The normalized spacial score (nSPS) is 10.8. The fourth-order valence-corrected chi connectivity index (χ4v) is 2.67. The number of alkyl halides is 1. The molecule has 0 radical (unpaired) electrons. The van der Waals surface area contributed by atoms with Crippen LogP contribution in [0.2, 0.25) is 0 Å². The standard InChI is InChI=1S/C15H17BrN2O4/c1-22-13(19)9-10-4-5-12-11(8-10)14(20)17-15(21)18(12)7-3-2-6-16/h4-5,8H,2-3,6-7,9H2,1H3,(H,17,20,21). The Hall–Kier alpha value is -1.89. The number of carbonyl (C=O) groups excluding carboxylic acids is 1. The van der Waals surface area contributed by atoms with E-state index in [-0.39, 0.29) is 12.4 Å². The summed E-state index contributed by atoms with van der Waals surface area (Å²) in [4.78, 5) is 37.6. The van der Waals surface area contributed by atoms with Crippen molar-refractivity contribution in [1.82, 2.24) is 9.55 Å². The number of aryl methyl sites for hydroxylation is 1. The lowest BCUT2D eigenvalue weighted by molar-refractivity contribution is -0.139. The third kappa shape index (κ3) is 3.65. The molecule has 0 spiro atoms. The van der Waals surface area contributed by atoms with Crippen LogP contribution in [-0.4, -0.2) is 28.0 Å². The minimum absolute atomic E-state index is 0.0919. The van der Waals surface area contributed by atoms with Crippen LogP contribution < -0.4 is 11.2 Å². The van der Waals surface area contributed by atoms with E-state index >= 15 is 0 Å². The number of ether oxygens (including phenoxy) is 1.